The number of nitrogens with one attached hydrogen (secondary N) is 2. The van der Waals surface area contributed by atoms with Crippen LogP contribution in [0.25, 0.3) is 10.2 Å². The summed E-state index contributed by atoms with van der Waals surface area (Å²) in [5.74, 6) is 0.0122. The molecule has 1 unspecified atom stereocenters. The first-order valence-electron chi connectivity index (χ1n) is 6.82. The highest BCUT2D eigenvalue weighted by Crippen LogP contribution is 2.25. The summed E-state index contributed by atoms with van der Waals surface area (Å²) in [4.78, 5) is 18.6. The van der Waals surface area contributed by atoms with Gasteiger partial charge < -0.3 is 10.6 Å². The number of anilines is 1. The van der Waals surface area contributed by atoms with Gasteiger partial charge in [-0.2, -0.15) is 0 Å². The maximum Gasteiger partial charge on any atom is 0.240 e. The zero-order valence-corrected chi connectivity index (χ0v) is 13.5. The first-order chi connectivity index (χ1) is 9.70. The van der Waals surface area contributed by atoms with Gasteiger partial charge in [0.25, 0.3) is 0 Å². The second kappa shape index (κ2) is 7.17. The van der Waals surface area contributed by atoms with Crippen LogP contribution in [0.3, 0.4) is 0 Å². The van der Waals surface area contributed by atoms with Gasteiger partial charge in [-0.15, -0.1) is 12.4 Å². The van der Waals surface area contributed by atoms with Gasteiger partial charge in [-0.25, -0.2) is 4.98 Å². The van der Waals surface area contributed by atoms with Gasteiger partial charge in [-0.1, -0.05) is 23.5 Å². The number of fused-ring (bicyclic) bond motifs is 1. The lowest BCUT2D eigenvalue weighted by molar-refractivity contribution is -0.117. The predicted molar refractivity (Wildman–Crippen MR) is 89.4 cm³/mol. The highest BCUT2D eigenvalue weighted by Gasteiger charge is 2.18. The molecular formula is C14H19ClN4OS. The normalized spacial score (nSPS) is 19.2. The third kappa shape index (κ3) is 4.14. The first-order valence-corrected chi connectivity index (χ1v) is 7.63. The smallest absolute Gasteiger partial charge is 0.240 e. The predicted octanol–water partition coefficient (Wildman–Crippen LogP) is 1.95. The highest BCUT2D eigenvalue weighted by molar-refractivity contribution is 7.22. The van der Waals surface area contributed by atoms with Crippen LogP contribution in [0.15, 0.2) is 24.3 Å². The molecular weight excluding hydrogens is 308 g/mol. The Bertz CT molecular complexity index is 585. The van der Waals surface area contributed by atoms with Crippen LogP contribution in [0.5, 0.6) is 0 Å². The SMILES string of the molecule is CC1CN(CC(=O)Nc2nc3ccccc3s2)CCN1.Cl. The first kappa shape index (κ1) is 16.2. The van der Waals surface area contributed by atoms with Crippen LogP contribution in [-0.2, 0) is 4.79 Å². The number of nitrogens with zero attached hydrogens (tertiary/aromatic N) is 2. The van der Waals surface area contributed by atoms with Gasteiger partial charge in [0, 0.05) is 25.7 Å². The van der Waals surface area contributed by atoms with Crippen molar-refractivity contribution in [1.82, 2.24) is 15.2 Å². The van der Waals surface area contributed by atoms with Crippen LogP contribution < -0.4 is 10.6 Å². The summed E-state index contributed by atoms with van der Waals surface area (Å²) < 4.78 is 1.10. The summed E-state index contributed by atoms with van der Waals surface area (Å²) >= 11 is 1.51. The molecule has 0 aliphatic carbocycles. The number of benzene rings is 1. The number of hydrogen-bond donors (Lipinski definition) is 2. The fourth-order valence-electron chi connectivity index (χ4n) is 2.44. The Kier molecular flexibility index (Phi) is 5.52. The van der Waals surface area contributed by atoms with E-state index in [9.17, 15) is 4.79 Å². The van der Waals surface area contributed by atoms with Crippen molar-refractivity contribution < 1.29 is 4.79 Å². The monoisotopic (exact) mass is 326 g/mol. The van der Waals surface area contributed by atoms with Gasteiger partial charge in [0.2, 0.25) is 5.91 Å². The molecule has 1 aliphatic heterocycles. The van der Waals surface area contributed by atoms with Crippen molar-refractivity contribution in [2.75, 3.05) is 31.5 Å². The topological polar surface area (TPSA) is 57.3 Å². The Morgan fingerprint density at radius 3 is 3.10 bits per heavy atom. The summed E-state index contributed by atoms with van der Waals surface area (Å²) in [6, 6.07) is 8.35. The fraction of sp³-hybridized carbons (Fsp3) is 0.429. The maximum atomic E-state index is 12.1. The molecule has 7 heteroatoms. The quantitative estimate of drug-likeness (QED) is 0.905. The summed E-state index contributed by atoms with van der Waals surface area (Å²) in [6.07, 6.45) is 0. The molecule has 1 saturated heterocycles. The molecule has 21 heavy (non-hydrogen) atoms. The number of thiazole rings is 1. The lowest BCUT2D eigenvalue weighted by atomic mass is 10.2. The number of halogens is 1. The van der Waals surface area contributed by atoms with Gasteiger partial charge >= 0.3 is 0 Å². The lowest BCUT2D eigenvalue weighted by Crippen LogP contribution is -2.51. The second-order valence-electron chi connectivity index (χ2n) is 5.13. The van der Waals surface area contributed by atoms with E-state index in [0.29, 0.717) is 17.7 Å². The molecule has 0 saturated carbocycles. The summed E-state index contributed by atoms with van der Waals surface area (Å²) in [7, 11) is 0. The number of piperazine rings is 1. The summed E-state index contributed by atoms with van der Waals surface area (Å²) in [6.45, 7) is 5.33. The Labute approximate surface area is 134 Å². The van der Waals surface area contributed by atoms with Crippen LogP contribution in [0.1, 0.15) is 6.92 Å². The molecule has 1 amide bonds. The Morgan fingerprint density at radius 1 is 1.52 bits per heavy atom. The van der Waals surface area contributed by atoms with Gasteiger partial charge in [-0.3, -0.25) is 9.69 Å². The molecule has 1 atom stereocenters. The number of aromatic nitrogens is 1. The van der Waals surface area contributed by atoms with Crippen molar-refractivity contribution in [3.8, 4) is 0 Å². The molecule has 1 aromatic carbocycles. The number of rotatable bonds is 3. The van der Waals surface area contributed by atoms with Crippen molar-refractivity contribution in [1.29, 1.82) is 0 Å². The van der Waals surface area contributed by atoms with Crippen molar-refractivity contribution in [2.45, 2.75) is 13.0 Å². The van der Waals surface area contributed by atoms with Crippen molar-refractivity contribution in [3.05, 3.63) is 24.3 Å². The third-order valence-corrected chi connectivity index (χ3v) is 4.31. The van der Waals surface area contributed by atoms with E-state index in [-0.39, 0.29) is 18.3 Å². The van der Waals surface area contributed by atoms with Gasteiger partial charge in [0.15, 0.2) is 5.13 Å². The van der Waals surface area contributed by atoms with Gasteiger partial charge in [0.1, 0.15) is 0 Å². The molecule has 1 aromatic heterocycles. The number of carbonyl (C=O) groups is 1. The van der Waals surface area contributed by atoms with Gasteiger partial charge in [-0.05, 0) is 19.1 Å². The molecule has 0 spiro atoms. The average molecular weight is 327 g/mol. The van der Waals surface area contributed by atoms with Crippen LogP contribution >= 0.6 is 23.7 Å². The van der Waals surface area contributed by atoms with E-state index in [4.69, 9.17) is 0 Å². The molecule has 1 aliphatic rings. The number of carbonyl (C=O) groups excluding carboxylic acids is 1. The van der Waals surface area contributed by atoms with Gasteiger partial charge in [0.05, 0.1) is 16.8 Å². The van der Waals surface area contributed by atoms with E-state index in [0.717, 1.165) is 29.9 Å². The average Bonchev–Trinajstić information content (AvgIpc) is 2.80. The summed E-state index contributed by atoms with van der Waals surface area (Å²) in [5.41, 5.74) is 0.934. The van der Waals surface area contributed by atoms with Crippen molar-refractivity contribution in [3.63, 3.8) is 0 Å². The van der Waals surface area contributed by atoms with E-state index < -0.39 is 0 Å². The Balaban J connectivity index is 0.00000161. The zero-order chi connectivity index (χ0) is 13.9. The van der Waals surface area contributed by atoms with Crippen LogP contribution in [-0.4, -0.2) is 48.0 Å². The largest absolute Gasteiger partial charge is 0.312 e. The fourth-order valence-corrected chi connectivity index (χ4v) is 3.33. The Hall–Kier alpha value is -1.21. The minimum absolute atomic E-state index is 0. The third-order valence-electron chi connectivity index (χ3n) is 3.36. The van der Waals surface area contributed by atoms with Crippen LogP contribution in [0, 0.1) is 0 Å². The Morgan fingerprint density at radius 2 is 2.33 bits per heavy atom. The molecule has 0 bridgehead atoms. The maximum absolute atomic E-state index is 12.1. The molecule has 1 fully saturated rings. The molecule has 2 heterocycles. The molecule has 0 radical (unpaired) electrons. The van der Waals surface area contributed by atoms with E-state index in [2.05, 4.69) is 27.4 Å². The standard InChI is InChI=1S/C14H18N4OS.ClH/c1-10-8-18(7-6-15-10)9-13(19)17-14-16-11-4-2-3-5-12(11)20-14;/h2-5,10,15H,6-9H2,1H3,(H,16,17,19);1H. The number of amides is 1. The van der Waals surface area contributed by atoms with E-state index >= 15 is 0 Å². The molecule has 3 rings (SSSR count). The minimum atomic E-state index is 0. The zero-order valence-electron chi connectivity index (χ0n) is 11.8. The summed E-state index contributed by atoms with van der Waals surface area (Å²) in [5, 5.41) is 6.95. The van der Waals surface area contributed by atoms with E-state index in [1.54, 1.807) is 0 Å². The molecule has 2 N–H and O–H groups in total. The number of para-hydroxylation sites is 1. The molecule has 2 aromatic rings. The highest BCUT2D eigenvalue weighted by atomic mass is 35.5. The van der Waals surface area contributed by atoms with Crippen molar-refractivity contribution in [2.24, 2.45) is 0 Å². The van der Waals surface area contributed by atoms with Crippen LogP contribution in [0.4, 0.5) is 5.13 Å². The lowest BCUT2D eigenvalue weighted by Gasteiger charge is -2.31. The second-order valence-corrected chi connectivity index (χ2v) is 6.16. The molecule has 5 nitrogen and oxygen atoms in total. The van der Waals surface area contributed by atoms with E-state index in [1.807, 2.05) is 24.3 Å². The molecule has 114 valence electrons. The van der Waals surface area contributed by atoms with E-state index in [1.165, 1.54) is 11.3 Å². The number of hydrogen-bond acceptors (Lipinski definition) is 5. The minimum Gasteiger partial charge on any atom is -0.312 e. The van der Waals surface area contributed by atoms with Crippen molar-refractivity contribution >= 4 is 45.0 Å². The van der Waals surface area contributed by atoms with Crippen LogP contribution in [0.2, 0.25) is 0 Å².